The fourth-order valence-corrected chi connectivity index (χ4v) is 4.89. The monoisotopic (exact) mass is 366 g/mol. The smallest absolute Gasteiger partial charge is 0.220 e. The highest BCUT2D eigenvalue weighted by atomic mass is 32.2. The zero-order valence-corrected chi connectivity index (χ0v) is 16.1. The van der Waals surface area contributed by atoms with Gasteiger partial charge in [-0.05, 0) is 37.3 Å². The number of benzene rings is 1. The average molecular weight is 367 g/mol. The van der Waals surface area contributed by atoms with Gasteiger partial charge >= 0.3 is 0 Å². The van der Waals surface area contributed by atoms with Crippen LogP contribution < -0.4 is 10.0 Å². The zero-order valence-electron chi connectivity index (χ0n) is 15.3. The van der Waals surface area contributed by atoms with Crippen LogP contribution in [0, 0.1) is 5.92 Å². The van der Waals surface area contributed by atoms with E-state index < -0.39 is 10.0 Å². The fraction of sp³-hybridized carbons (Fsp3) is 0.632. The van der Waals surface area contributed by atoms with E-state index in [1.165, 1.54) is 25.7 Å². The first-order valence-electron chi connectivity index (χ1n) is 9.19. The lowest BCUT2D eigenvalue weighted by atomic mass is 10.0. The molecular formula is C19H30N2O3S. The standard InChI is InChI=1S/C19H30N2O3S/c1-15(2)21-25(23,24)14-18-10-6-5-9-17(18)13-20-19(22)12-11-16-7-3-4-8-16/h5-6,9-10,15-16,21H,3-4,7-8,11-14H2,1-2H3,(H,20,22). The van der Waals surface area contributed by atoms with E-state index in [4.69, 9.17) is 0 Å². The third kappa shape index (κ3) is 7.16. The molecule has 1 saturated carbocycles. The van der Waals surface area contributed by atoms with E-state index >= 15 is 0 Å². The van der Waals surface area contributed by atoms with E-state index in [0.29, 0.717) is 18.9 Å². The molecule has 1 aliphatic rings. The van der Waals surface area contributed by atoms with Crippen molar-refractivity contribution in [3.8, 4) is 0 Å². The molecule has 6 heteroatoms. The van der Waals surface area contributed by atoms with Crippen LogP contribution in [0.1, 0.15) is 63.5 Å². The lowest BCUT2D eigenvalue weighted by molar-refractivity contribution is -0.121. The van der Waals surface area contributed by atoms with Crippen LogP contribution in [0.2, 0.25) is 0 Å². The van der Waals surface area contributed by atoms with E-state index in [1.807, 2.05) is 18.2 Å². The Morgan fingerprint density at radius 3 is 2.44 bits per heavy atom. The summed E-state index contributed by atoms with van der Waals surface area (Å²) in [5.41, 5.74) is 1.58. The Morgan fingerprint density at radius 2 is 1.80 bits per heavy atom. The van der Waals surface area contributed by atoms with Gasteiger partial charge in [0.05, 0.1) is 5.75 Å². The molecule has 25 heavy (non-hydrogen) atoms. The summed E-state index contributed by atoms with van der Waals surface area (Å²) < 4.78 is 26.9. The molecule has 0 aromatic heterocycles. The van der Waals surface area contributed by atoms with Gasteiger partial charge in [0.1, 0.15) is 0 Å². The summed E-state index contributed by atoms with van der Waals surface area (Å²) in [7, 11) is -3.38. The summed E-state index contributed by atoms with van der Waals surface area (Å²) in [4.78, 5) is 12.1. The summed E-state index contributed by atoms with van der Waals surface area (Å²) in [5.74, 6) is 0.675. The molecule has 0 aliphatic heterocycles. The van der Waals surface area contributed by atoms with Crippen LogP contribution in [-0.4, -0.2) is 20.4 Å². The minimum atomic E-state index is -3.38. The summed E-state index contributed by atoms with van der Waals surface area (Å²) in [5, 5.41) is 2.94. The number of amides is 1. The number of sulfonamides is 1. The van der Waals surface area contributed by atoms with Gasteiger partial charge in [0.25, 0.3) is 0 Å². The largest absolute Gasteiger partial charge is 0.352 e. The normalized spacial score (nSPS) is 15.6. The molecule has 1 amide bonds. The Morgan fingerprint density at radius 1 is 1.16 bits per heavy atom. The SMILES string of the molecule is CC(C)NS(=O)(=O)Cc1ccccc1CNC(=O)CCC1CCCC1. The average Bonchev–Trinajstić information content (AvgIpc) is 3.04. The van der Waals surface area contributed by atoms with E-state index in [1.54, 1.807) is 19.9 Å². The molecule has 1 aromatic rings. The molecule has 2 N–H and O–H groups in total. The van der Waals surface area contributed by atoms with Crippen molar-refractivity contribution in [2.75, 3.05) is 0 Å². The Kier molecular flexibility index (Phi) is 7.44. The number of hydrogen-bond donors (Lipinski definition) is 2. The molecule has 0 unspecified atom stereocenters. The van der Waals surface area contributed by atoms with Gasteiger partial charge in [-0.1, -0.05) is 49.9 Å². The first kappa shape index (κ1) is 19.9. The second kappa shape index (κ2) is 9.34. The molecular weight excluding hydrogens is 336 g/mol. The molecule has 0 bridgehead atoms. The van der Waals surface area contributed by atoms with Crippen molar-refractivity contribution in [2.24, 2.45) is 5.92 Å². The lowest BCUT2D eigenvalue weighted by Crippen LogP contribution is -2.32. The van der Waals surface area contributed by atoms with Crippen molar-refractivity contribution in [3.63, 3.8) is 0 Å². The van der Waals surface area contributed by atoms with Gasteiger partial charge in [0.15, 0.2) is 0 Å². The number of rotatable bonds is 9. The molecule has 140 valence electrons. The molecule has 0 spiro atoms. The predicted octanol–water partition coefficient (Wildman–Crippen LogP) is 3.10. The quantitative estimate of drug-likeness (QED) is 0.705. The molecule has 1 aromatic carbocycles. The Bertz CT molecular complexity index is 665. The maximum atomic E-state index is 12.2. The van der Waals surface area contributed by atoms with E-state index in [-0.39, 0.29) is 17.7 Å². The molecule has 0 saturated heterocycles. The summed E-state index contributed by atoms with van der Waals surface area (Å²) >= 11 is 0. The van der Waals surface area contributed by atoms with Crippen LogP contribution in [0.25, 0.3) is 0 Å². The topological polar surface area (TPSA) is 75.3 Å². The number of nitrogens with one attached hydrogen (secondary N) is 2. The fourth-order valence-electron chi connectivity index (χ4n) is 3.39. The van der Waals surface area contributed by atoms with Gasteiger partial charge in [-0.2, -0.15) is 0 Å². The van der Waals surface area contributed by atoms with E-state index in [2.05, 4.69) is 10.0 Å². The highest BCUT2D eigenvalue weighted by Crippen LogP contribution is 2.28. The zero-order chi connectivity index (χ0) is 18.3. The molecule has 1 fully saturated rings. The molecule has 5 nitrogen and oxygen atoms in total. The van der Waals surface area contributed by atoms with Gasteiger partial charge in [-0.3, -0.25) is 4.79 Å². The summed E-state index contributed by atoms with van der Waals surface area (Å²) in [6.07, 6.45) is 6.59. The van der Waals surface area contributed by atoms with Crippen molar-refractivity contribution in [1.29, 1.82) is 0 Å². The highest BCUT2D eigenvalue weighted by Gasteiger charge is 2.17. The van der Waals surface area contributed by atoms with E-state index in [9.17, 15) is 13.2 Å². The molecule has 1 aliphatic carbocycles. The Hall–Kier alpha value is -1.40. The molecule has 0 heterocycles. The third-order valence-electron chi connectivity index (χ3n) is 4.61. The first-order valence-corrected chi connectivity index (χ1v) is 10.8. The van der Waals surface area contributed by atoms with Crippen LogP contribution in [0.3, 0.4) is 0 Å². The number of hydrogen-bond acceptors (Lipinski definition) is 3. The van der Waals surface area contributed by atoms with Gasteiger partial charge in [-0.25, -0.2) is 13.1 Å². The Labute approximate surface area is 151 Å². The van der Waals surface area contributed by atoms with Crippen molar-refractivity contribution in [2.45, 2.75) is 70.7 Å². The second-order valence-electron chi connectivity index (χ2n) is 7.27. The van der Waals surface area contributed by atoms with Crippen molar-refractivity contribution in [3.05, 3.63) is 35.4 Å². The second-order valence-corrected chi connectivity index (χ2v) is 9.02. The summed E-state index contributed by atoms with van der Waals surface area (Å²) in [6.45, 7) is 3.97. The number of carbonyl (C=O) groups is 1. The molecule has 0 radical (unpaired) electrons. The minimum Gasteiger partial charge on any atom is -0.352 e. The van der Waals surface area contributed by atoms with Gasteiger partial charge < -0.3 is 5.32 Å². The van der Waals surface area contributed by atoms with Gasteiger partial charge in [-0.15, -0.1) is 0 Å². The van der Waals surface area contributed by atoms with Crippen molar-refractivity contribution in [1.82, 2.24) is 10.0 Å². The van der Waals surface area contributed by atoms with Crippen LogP contribution in [0.4, 0.5) is 0 Å². The molecule has 0 atom stereocenters. The maximum Gasteiger partial charge on any atom is 0.220 e. The summed E-state index contributed by atoms with van der Waals surface area (Å²) in [6, 6.07) is 7.24. The van der Waals surface area contributed by atoms with Gasteiger partial charge in [0.2, 0.25) is 15.9 Å². The maximum absolute atomic E-state index is 12.2. The molecule has 2 rings (SSSR count). The Balaban J connectivity index is 1.88. The number of carbonyl (C=O) groups excluding carboxylic acids is 1. The van der Waals surface area contributed by atoms with Gasteiger partial charge in [0, 0.05) is 19.0 Å². The van der Waals surface area contributed by atoms with Crippen LogP contribution in [0.15, 0.2) is 24.3 Å². The van der Waals surface area contributed by atoms with Crippen LogP contribution in [-0.2, 0) is 27.1 Å². The third-order valence-corrected chi connectivity index (χ3v) is 6.13. The van der Waals surface area contributed by atoms with Crippen molar-refractivity contribution >= 4 is 15.9 Å². The lowest BCUT2D eigenvalue weighted by Gasteiger charge is -2.14. The van der Waals surface area contributed by atoms with E-state index in [0.717, 1.165) is 17.5 Å². The predicted molar refractivity (Wildman–Crippen MR) is 100 cm³/mol. The van der Waals surface area contributed by atoms with Crippen LogP contribution >= 0.6 is 0 Å². The first-order chi connectivity index (χ1) is 11.9. The van der Waals surface area contributed by atoms with Crippen molar-refractivity contribution < 1.29 is 13.2 Å². The highest BCUT2D eigenvalue weighted by molar-refractivity contribution is 7.88. The van der Waals surface area contributed by atoms with Crippen LogP contribution in [0.5, 0.6) is 0 Å². The minimum absolute atomic E-state index is 0.0462.